The second-order valence-electron chi connectivity index (χ2n) is 5.99. The van der Waals surface area contributed by atoms with Gasteiger partial charge in [-0.1, -0.05) is 59.0 Å². The Morgan fingerprint density at radius 2 is 1.88 bits per heavy atom. The minimum Gasteiger partial charge on any atom is -0.459 e. The number of benzene rings is 2. The van der Waals surface area contributed by atoms with Gasteiger partial charge in [0.05, 0.1) is 12.5 Å². The van der Waals surface area contributed by atoms with E-state index < -0.39 is 6.10 Å². The molecule has 0 N–H and O–H groups in total. The number of carbonyl (C=O) groups is 1. The fourth-order valence-corrected chi connectivity index (χ4v) is 3.93. The molecule has 2 aliphatic rings. The maximum absolute atomic E-state index is 12.4. The Morgan fingerprint density at radius 1 is 1.08 bits per heavy atom. The predicted molar refractivity (Wildman–Crippen MR) is 99.1 cm³/mol. The molecule has 5 nitrogen and oxygen atoms in total. The van der Waals surface area contributed by atoms with Gasteiger partial charge in [-0.2, -0.15) is 0 Å². The van der Waals surface area contributed by atoms with Crippen molar-refractivity contribution in [1.82, 2.24) is 0 Å². The Morgan fingerprint density at radius 3 is 2.68 bits per heavy atom. The summed E-state index contributed by atoms with van der Waals surface area (Å²) in [5.74, 6) is 0.954. The van der Waals surface area contributed by atoms with Crippen LogP contribution in [0.3, 0.4) is 0 Å². The lowest BCUT2D eigenvalue weighted by atomic mass is 9.90. The summed E-state index contributed by atoms with van der Waals surface area (Å²) in [4.78, 5) is 12.4. The molecule has 130 valence electrons. The third kappa shape index (κ3) is 3.32. The topological polar surface area (TPSA) is 54.0 Å². The molecule has 4 rings (SSSR count). The second-order valence-corrected chi connectivity index (χ2v) is 6.87. The minimum absolute atomic E-state index is 0.164. The smallest absolute Gasteiger partial charge is 0.336 e. The zero-order valence-electron chi connectivity index (χ0n) is 13.4. The first-order valence-electron chi connectivity index (χ1n) is 8.08. The quantitative estimate of drug-likeness (QED) is 0.396. The van der Waals surface area contributed by atoms with Crippen LogP contribution < -0.4 is 9.47 Å². The third-order valence-corrected chi connectivity index (χ3v) is 5.30. The SMILES string of the molecule is O=C1O[C@@H](CI)[C@@H](c2ccc3c(c2)OCO3)[C@@H]1OCc1ccccc1. The Kier molecular flexibility index (Phi) is 4.80. The Balaban J connectivity index is 1.58. The van der Waals surface area contributed by atoms with Gasteiger partial charge >= 0.3 is 5.97 Å². The maximum Gasteiger partial charge on any atom is 0.336 e. The first-order valence-corrected chi connectivity index (χ1v) is 9.60. The third-order valence-electron chi connectivity index (χ3n) is 4.43. The fraction of sp³-hybridized carbons (Fsp3) is 0.316. The molecule has 0 spiro atoms. The van der Waals surface area contributed by atoms with E-state index in [1.165, 1.54) is 0 Å². The molecule has 0 radical (unpaired) electrons. The Labute approximate surface area is 159 Å². The van der Waals surface area contributed by atoms with Crippen molar-refractivity contribution in [2.75, 3.05) is 11.2 Å². The number of hydrogen-bond acceptors (Lipinski definition) is 5. The van der Waals surface area contributed by atoms with Crippen LogP contribution in [0.4, 0.5) is 0 Å². The van der Waals surface area contributed by atoms with Crippen molar-refractivity contribution in [2.24, 2.45) is 0 Å². The summed E-state index contributed by atoms with van der Waals surface area (Å²) in [6.07, 6.45) is -0.838. The average Bonchev–Trinajstić information content (AvgIpc) is 3.24. The van der Waals surface area contributed by atoms with Gasteiger partial charge in [0.2, 0.25) is 6.79 Å². The molecule has 2 aromatic carbocycles. The first kappa shape index (κ1) is 16.7. The summed E-state index contributed by atoms with van der Waals surface area (Å²) < 4.78 is 23.1. The lowest BCUT2D eigenvalue weighted by Crippen LogP contribution is -2.27. The van der Waals surface area contributed by atoms with E-state index in [2.05, 4.69) is 22.6 Å². The zero-order valence-corrected chi connectivity index (χ0v) is 15.5. The molecule has 0 saturated carbocycles. The van der Waals surface area contributed by atoms with Crippen LogP contribution in [-0.2, 0) is 20.9 Å². The van der Waals surface area contributed by atoms with Gasteiger partial charge in [-0.05, 0) is 23.3 Å². The van der Waals surface area contributed by atoms with E-state index in [4.69, 9.17) is 18.9 Å². The molecule has 0 bridgehead atoms. The van der Waals surface area contributed by atoms with Crippen molar-refractivity contribution in [3.05, 3.63) is 59.7 Å². The summed E-state index contributed by atoms with van der Waals surface area (Å²) >= 11 is 2.24. The van der Waals surface area contributed by atoms with Crippen molar-refractivity contribution in [3.8, 4) is 11.5 Å². The number of fused-ring (bicyclic) bond motifs is 1. The number of esters is 1. The lowest BCUT2D eigenvalue weighted by Gasteiger charge is -2.20. The van der Waals surface area contributed by atoms with Crippen LogP contribution in [0.15, 0.2) is 48.5 Å². The fourth-order valence-electron chi connectivity index (χ4n) is 3.20. The number of alkyl halides is 1. The van der Waals surface area contributed by atoms with Gasteiger partial charge in [0, 0.05) is 4.43 Å². The summed E-state index contributed by atoms with van der Waals surface area (Å²) in [7, 11) is 0. The van der Waals surface area contributed by atoms with Crippen LogP contribution in [0, 0.1) is 0 Å². The second kappa shape index (κ2) is 7.21. The number of rotatable bonds is 5. The monoisotopic (exact) mass is 452 g/mol. The Bertz CT molecular complexity index is 764. The first-order chi connectivity index (χ1) is 12.3. The highest BCUT2D eigenvalue weighted by atomic mass is 127. The number of carbonyl (C=O) groups excluding carboxylic acids is 1. The van der Waals surface area contributed by atoms with Crippen molar-refractivity contribution in [3.63, 3.8) is 0 Å². The highest BCUT2D eigenvalue weighted by Crippen LogP contribution is 2.40. The number of ether oxygens (including phenoxy) is 4. The molecule has 2 aromatic rings. The maximum atomic E-state index is 12.4. The highest BCUT2D eigenvalue weighted by molar-refractivity contribution is 14.1. The van der Waals surface area contributed by atoms with Crippen LogP contribution in [0.1, 0.15) is 17.0 Å². The largest absolute Gasteiger partial charge is 0.459 e. The number of halogens is 1. The molecule has 1 fully saturated rings. The van der Waals surface area contributed by atoms with E-state index in [0.29, 0.717) is 16.8 Å². The molecule has 2 aliphatic heterocycles. The lowest BCUT2D eigenvalue weighted by molar-refractivity contribution is -0.149. The van der Waals surface area contributed by atoms with E-state index >= 15 is 0 Å². The van der Waals surface area contributed by atoms with Crippen molar-refractivity contribution < 1.29 is 23.7 Å². The summed E-state index contributed by atoms with van der Waals surface area (Å²) in [5, 5.41) is 0. The van der Waals surface area contributed by atoms with Crippen LogP contribution in [0.2, 0.25) is 0 Å². The van der Waals surface area contributed by atoms with Crippen LogP contribution in [0.25, 0.3) is 0 Å². The number of hydrogen-bond donors (Lipinski definition) is 0. The summed E-state index contributed by atoms with van der Waals surface area (Å²) in [5.41, 5.74) is 1.99. The van der Waals surface area contributed by atoms with Gasteiger partial charge in [0.15, 0.2) is 17.6 Å². The molecule has 3 atom stereocenters. The highest BCUT2D eigenvalue weighted by Gasteiger charge is 2.46. The van der Waals surface area contributed by atoms with E-state index in [9.17, 15) is 4.79 Å². The van der Waals surface area contributed by atoms with Crippen molar-refractivity contribution in [1.29, 1.82) is 0 Å². The van der Waals surface area contributed by atoms with Gasteiger partial charge < -0.3 is 18.9 Å². The normalized spacial score (nSPS) is 24.4. The van der Waals surface area contributed by atoms with Crippen molar-refractivity contribution >= 4 is 28.6 Å². The molecule has 2 heterocycles. The van der Waals surface area contributed by atoms with Gasteiger partial charge in [-0.25, -0.2) is 4.79 Å². The zero-order chi connectivity index (χ0) is 17.2. The molecular weight excluding hydrogens is 435 g/mol. The van der Waals surface area contributed by atoms with E-state index in [1.807, 2.05) is 48.5 Å². The van der Waals surface area contributed by atoms with Crippen LogP contribution in [-0.4, -0.2) is 29.4 Å². The Hall–Kier alpha value is -1.80. The van der Waals surface area contributed by atoms with Gasteiger partial charge in [0.1, 0.15) is 6.10 Å². The van der Waals surface area contributed by atoms with Gasteiger partial charge in [0.25, 0.3) is 0 Å². The van der Waals surface area contributed by atoms with Gasteiger partial charge in [-0.3, -0.25) is 0 Å². The standard InChI is InChI=1S/C19H17IO5/c20-9-16-17(13-6-7-14-15(8-13)24-11-23-14)18(19(21)25-16)22-10-12-4-2-1-3-5-12/h1-8,16-18H,9-11H2/t16-,17+,18-/m0/s1. The van der Waals surface area contributed by atoms with Crippen molar-refractivity contribution in [2.45, 2.75) is 24.7 Å². The van der Waals surface area contributed by atoms with Gasteiger partial charge in [-0.15, -0.1) is 0 Å². The summed E-state index contributed by atoms with van der Waals surface area (Å²) in [6, 6.07) is 15.6. The molecule has 0 aromatic heterocycles. The average molecular weight is 452 g/mol. The van der Waals surface area contributed by atoms with Crippen LogP contribution in [0.5, 0.6) is 11.5 Å². The minimum atomic E-state index is -0.625. The van der Waals surface area contributed by atoms with E-state index in [0.717, 1.165) is 16.9 Å². The molecule has 0 unspecified atom stereocenters. The molecule has 0 aliphatic carbocycles. The summed E-state index contributed by atoms with van der Waals surface area (Å²) in [6.45, 7) is 0.595. The predicted octanol–water partition coefficient (Wildman–Crippen LogP) is 3.44. The molecule has 25 heavy (non-hydrogen) atoms. The molecular formula is C19H17IO5. The number of cyclic esters (lactones) is 1. The van der Waals surface area contributed by atoms with Crippen LogP contribution >= 0.6 is 22.6 Å². The molecule has 1 saturated heterocycles. The van der Waals surface area contributed by atoms with E-state index in [1.54, 1.807) is 0 Å². The molecule has 0 amide bonds. The van der Waals surface area contributed by atoms with E-state index in [-0.39, 0.29) is 24.8 Å². The molecule has 6 heteroatoms.